The Morgan fingerprint density at radius 3 is 2.60 bits per heavy atom. The normalized spacial score (nSPS) is 13.3. The Morgan fingerprint density at radius 1 is 1.35 bits per heavy atom. The highest BCUT2D eigenvalue weighted by molar-refractivity contribution is 7.09. The van der Waals surface area contributed by atoms with E-state index in [9.17, 15) is 5.11 Å². The summed E-state index contributed by atoms with van der Waals surface area (Å²) in [5.41, 5.74) is 1.23. The number of thiazole rings is 1. The number of aromatic nitrogens is 1. The van der Waals surface area contributed by atoms with E-state index in [1.165, 1.54) is 0 Å². The van der Waals surface area contributed by atoms with Crippen molar-refractivity contribution in [3.8, 4) is 5.75 Å². The monoisotopic (exact) mass is 311 g/mol. The van der Waals surface area contributed by atoms with Gasteiger partial charge < -0.3 is 9.84 Å². The summed E-state index contributed by atoms with van der Waals surface area (Å²) in [4.78, 5) is 4.53. The molecule has 1 aromatic carbocycles. The minimum atomic E-state index is -0.837. The molecule has 3 nitrogen and oxygen atoms in total. The average molecular weight is 312 g/mol. The first-order chi connectivity index (χ1) is 9.32. The summed E-state index contributed by atoms with van der Waals surface area (Å²) in [6.07, 6.45) is -0.837. The van der Waals surface area contributed by atoms with Gasteiger partial charge in [0.25, 0.3) is 0 Å². The molecule has 0 aliphatic rings. The second-order valence-electron chi connectivity index (χ2n) is 5.62. The third-order valence-electron chi connectivity index (χ3n) is 2.93. The first-order valence-corrected chi connectivity index (χ1v) is 7.56. The Hall–Kier alpha value is -1.10. The van der Waals surface area contributed by atoms with E-state index in [0.29, 0.717) is 22.0 Å². The molecule has 1 unspecified atom stereocenters. The van der Waals surface area contributed by atoms with Crippen molar-refractivity contribution in [2.24, 2.45) is 0 Å². The van der Waals surface area contributed by atoms with E-state index in [4.69, 9.17) is 16.3 Å². The van der Waals surface area contributed by atoms with Crippen LogP contribution in [0.4, 0.5) is 0 Å². The van der Waals surface area contributed by atoms with Crippen LogP contribution in [-0.2, 0) is 5.41 Å². The van der Waals surface area contributed by atoms with Crippen molar-refractivity contribution in [3.05, 3.63) is 44.9 Å². The third kappa shape index (κ3) is 3.14. The number of methoxy groups -OCH3 is 1. The highest BCUT2D eigenvalue weighted by atomic mass is 35.5. The minimum Gasteiger partial charge on any atom is -0.496 e. The Morgan fingerprint density at radius 2 is 2.05 bits per heavy atom. The van der Waals surface area contributed by atoms with Crippen LogP contribution in [-0.4, -0.2) is 17.2 Å². The lowest BCUT2D eigenvalue weighted by molar-refractivity contribution is 0.210. The Labute approximate surface area is 128 Å². The van der Waals surface area contributed by atoms with Gasteiger partial charge in [0.1, 0.15) is 11.9 Å². The van der Waals surface area contributed by atoms with Crippen LogP contribution in [0.25, 0.3) is 0 Å². The fraction of sp³-hybridized carbons (Fsp3) is 0.400. The van der Waals surface area contributed by atoms with Gasteiger partial charge in [-0.05, 0) is 18.2 Å². The van der Waals surface area contributed by atoms with Gasteiger partial charge in [-0.15, -0.1) is 11.3 Å². The quantitative estimate of drug-likeness (QED) is 0.924. The van der Waals surface area contributed by atoms with Crippen molar-refractivity contribution < 1.29 is 9.84 Å². The van der Waals surface area contributed by atoms with Gasteiger partial charge in [0.2, 0.25) is 0 Å². The highest BCUT2D eigenvalue weighted by Crippen LogP contribution is 2.34. The molecule has 0 bridgehead atoms. The standard InChI is InChI=1S/C15H18ClNO2S/c1-15(2,3)14-17-11(8-20-14)13(18)10-7-9(16)5-6-12(10)19-4/h5-8,13,18H,1-4H3. The van der Waals surface area contributed by atoms with Crippen LogP contribution < -0.4 is 4.74 Å². The summed E-state index contributed by atoms with van der Waals surface area (Å²) < 4.78 is 5.27. The maximum Gasteiger partial charge on any atom is 0.125 e. The van der Waals surface area contributed by atoms with E-state index in [0.717, 1.165) is 5.01 Å². The van der Waals surface area contributed by atoms with Crippen LogP contribution in [0.1, 0.15) is 43.1 Å². The van der Waals surface area contributed by atoms with Crippen LogP contribution in [0.5, 0.6) is 5.75 Å². The van der Waals surface area contributed by atoms with Gasteiger partial charge in [-0.3, -0.25) is 0 Å². The predicted octanol–water partition coefficient (Wildman–Crippen LogP) is 4.18. The molecular weight excluding hydrogens is 294 g/mol. The fourth-order valence-corrected chi connectivity index (χ4v) is 2.94. The number of hydrogen-bond donors (Lipinski definition) is 1. The molecule has 0 aliphatic heterocycles. The number of ether oxygens (including phenoxy) is 1. The largest absolute Gasteiger partial charge is 0.496 e. The zero-order valence-corrected chi connectivity index (χ0v) is 13.5. The molecule has 0 aliphatic carbocycles. The average Bonchev–Trinajstić information content (AvgIpc) is 2.87. The molecule has 2 rings (SSSR count). The number of benzene rings is 1. The maximum absolute atomic E-state index is 10.5. The molecule has 0 radical (unpaired) electrons. The molecule has 108 valence electrons. The topological polar surface area (TPSA) is 42.4 Å². The third-order valence-corrected chi connectivity index (χ3v) is 4.45. The summed E-state index contributed by atoms with van der Waals surface area (Å²) in [5, 5.41) is 13.9. The van der Waals surface area contributed by atoms with Gasteiger partial charge in [-0.2, -0.15) is 0 Å². The van der Waals surface area contributed by atoms with Crippen molar-refractivity contribution in [1.82, 2.24) is 4.98 Å². The molecule has 0 amide bonds. The lowest BCUT2D eigenvalue weighted by Crippen LogP contribution is -2.11. The maximum atomic E-state index is 10.5. The lowest BCUT2D eigenvalue weighted by atomic mass is 9.98. The Bertz CT molecular complexity index is 604. The van der Waals surface area contributed by atoms with E-state index in [1.54, 1.807) is 36.6 Å². The van der Waals surface area contributed by atoms with Crippen molar-refractivity contribution in [3.63, 3.8) is 0 Å². The van der Waals surface area contributed by atoms with Crippen LogP contribution in [0.2, 0.25) is 5.02 Å². The molecule has 1 atom stereocenters. The van der Waals surface area contributed by atoms with E-state index < -0.39 is 6.10 Å². The molecule has 0 fully saturated rings. The number of aliphatic hydroxyl groups is 1. The molecule has 0 saturated carbocycles. The molecular formula is C15H18ClNO2S. The van der Waals surface area contributed by atoms with Gasteiger partial charge in [0.05, 0.1) is 17.8 Å². The van der Waals surface area contributed by atoms with Crippen LogP contribution >= 0.6 is 22.9 Å². The zero-order valence-electron chi connectivity index (χ0n) is 12.0. The molecule has 1 N–H and O–H groups in total. The van der Waals surface area contributed by atoms with Crippen LogP contribution in [0.3, 0.4) is 0 Å². The molecule has 20 heavy (non-hydrogen) atoms. The highest BCUT2D eigenvalue weighted by Gasteiger charge is 2.23. The van der Waals surface area contributed by atoms with Gasteiger partial charge in [0.15, 0.2) is 0 Å². The van der Waals surface area contributed by atoms with Gasteiger partial charge in [-0.1, -0.05) is 32.4 Å². The lowest BCUT2D eigenvalue weighted by Gasteiger charge is -2.15. The summed E-state index contributed by atoms with van der Waals surface area (Å²) >= 11 is 7.55. The number of aliphatic hydroxyl groups excluding tert-OH is 1. The van der Waals surface area contributed by atoms with E-state index >= 15 is 0 Å². The van der Waals surface area contributed by atoms with E-state index in [2.05, 4.69) is 25.8 Å². The van der Waals surface area contributed by atoms with Crippen LogP contribution in [0.15, 0.2) is 23.6 Å². The van der Waals surface area contributed by atoms with Crippen molar-refractivity contribution in [2.75, 3.05) is 7.11 Å². The van der Waals surface area contributed by atoms with Crippen molar-refractivity contribution in [2.45, 2.75) is 32.3 Å². The summed E-state index contributed by atoms with van der Waals surface area (Å²) in [6, 6.07) is 5.19. The second kappa shape index (κ2) is 5.72. The molecule has 2 aromatic rings. The number of rotatable bonds is 3. The summed E-state index contributed by atoms with van der Waals surface area (Å²) in [6.45, 7) is 6.30. The number of halogens is 1. The SMILES string of the molecule is COc1ccc(Cl)cc1C(O)c1csc(C(C)(C)C)n1. The smallest absolute Gasteiger partial charge is 0.125 e. The van der Waals surface area contributed by atoms with Gasteiger partial charge in [-0.25, -0.2) is 4.98 Å². The fourth-order valence-electron chi connectivity index (χ4n) is 1.83. The van der Waals surface area contributed by atoms with Gasteiger partial charge in [0, 0.05) is 21.4 Å². The van der Waals surface area contributed by atoms with Gasteiger partial charge >= 0.3 is 0 Å². The molecule has 5 heteroatoms. The van der Waals surface area contributed by atoms with Crippen molar-refractivity contribution >= 4 is 22.9 Å². The van der Waals surface area contributed by atoms with E-state index in [1.807, 2.05) is 5.38 Å². The number of nitrogens with zero attached hydrogens (tertiary/aromatic N) is 1. The zero-order chi connectivity index (χ0) is 14.9. The molecule has 0 spiro atoms. The molecule has 1 aromatic heterocycles. The molecule has 1 heterocycles. The van der Waals surface area contributed by atoms with Crippen LogP contribution in [0, 0.1) is 0 Å². The first-order valence-electron chi connectivity index (χ1n) is 6.30. The van der Waals surface area contributed by atoms with E-state index in [-0.39, 0.29) is 5.41 Å². The molecule has 0 saturated heterocycles. The van der Waals surface area contributed by atoms with Crippen molar-refractivity contribution in [1.29, 1.82) is 0 Å². The first kappa shape index (κ1) is 15.3. The summed E-state index contributed by atoms with van der Waals surface area (Å²) in [5.74, 6) is 0.604. The number of hydrogen-bond acceptors (Lipinski definition) is 4. The Balaban J connectivity index is 2.38. The Kier molecular flexibility index (Phi) is 4.37. The predicted molar refractivity (Wildman–Crippen MR) is 82.9 cm³/mol. The second-order valence-corrected chi connectivity index (χ2v) is 6.91. The summed E-state index contributed by atoms with van der Waals surface area (Å²) in [7, 11) is 1.57. The minimum absolute atomic E-state index is 0.0267.